The minimum Gasteiger partial charge on any atom is -0.469 e. The van der Waals surface area contributed by atoms with Crippen molar-refractivity contribution in [3.8, 4) is 0 Å². The van der Waals surface area contributed by atoms with Crippen LogP contribution in [0.3, 0.4) is 0 Å². The molecular formula is C17H20N2O. The molecule has 3 nitrogen and oxygen atoms in total. The van der Waals surface area contributed by atoms with Crippen molar-refractivity contribution in [1.82, 2.24) is 4.90 Å². The molecule has 3 heteroatoms. The number of fused-ring (bicyclic) bond motifs is 2. The highest BCUT2D eigenvalue weighted by molar-refractivity contribution is 5.52. The zero-order chi connectivity index (χ0) is 13.5. The predicted octanol–water partition coefficient (Wildman–Crippen LogP) is 3.30. The van der Waals surface area contributed by atoms with Crippen LogP contribution in [0.25, 0.3) is 0 Å². The minimum atomic E-state index is 0.505. The molecule has 0 saturated heterocycles. The van der Waals surface area contributed by atoms with E-state index in [2.05, 4.69) is 23.1 Å². The van der Waals surface area contributed by atoms with E-state index in [9.17, 15) is 0 Å². The highest BCUT2D eigenvalue weighted by atomic mass is 16.3. The lowest BCUT2D eigenvalue weighted by Gasteiger charge is -2.37. The summed E-state index contributed by atoms with van der Waals surface area (Å²) in [7, 11) is 0. The van der Waals surface area contributed by atoms with Gasteiger partial charge in [0.1, 0.15) is 5.76 Å². The van der Waals surface area contributed by atoms with Gasteiger partial charge in [0.15, 0.2) is 0 Å². The molecule has 104 valence electrons. The third-order valence-corrected chi connectivity index (χ3v) is 4.80. The highest BCUT2D eigenvalue weighted by Gasteiger charge is 2.30. The van der Waals surface area contributed by atoms with Gasteiger partial charge < -0.3 is 10.2 Å². The summed E-state index contributed by atoms with van der Waals surface area (Å²) in [5.41, 5.74) is 11.2. The van der Waals surface area contributed by atoms with E-state index in [1.54, 1.807) is 0 Å². The summed E-state index contributed by atoms with van der Waals surface area (Å²) < 4.78 is 5.62. The fraction of sp³-hybridized carbons (Fsp3) is 0.412. The average molecular weight is 268 g/mol. The van der Waals surface area contributed by atoms with E-state index >= 15 is 0 Å². The second-order valence-electron chi connectivity index (χ2n) is 5.91. The molecule has 2 aliphatic rings. The summed E-state index contributed by atoms with van der Waals surface area (Å²) in [6, 6.07) is 8.96. The van der Waals surface area contributed by atoms with Crippen LogP contribution in [0.2, 0.25) is 0 Å². The fourth-order valence-electron chi connectivity index (χ4n) is 3.74. The Kier molecular flexibility index (Phi) is 2.81. The first-order valence-electron chi connectivity index (χ1n) is 7.49. The molecule has 2 aromatic rings. The van der Waals surface area contributed by atoms with Crippen LogP contribution in [-0.2, 0) is 19.4 Å². The summed E-state index contributed by atoms with van der Waals surface area (Å²) in [5.74, 6) is 1.19. The molecule has 2 heterocycles. The summed E-state index contributed by atoms with van der Waals surface area (Å²) in [6.07, 6.45) is 6.48. The molecule has 1 unspecified atom stereocenters. The number of benzene rings is 1. The Hall–Kier alpha value is -1.74. The molecule has 0 amide bonds. The first-order valence-corrected chi connectivity index (χ1v) is 7.49. The third-order valence-electron chi connectivity index (χ3n) is 4.80. The lowest BCUT2D eigenvalue weighted by molar-refractivity contribution is 0.159. The van der Waals surface area contributed by atoms with E-state index in [1.807, 2.05) is 12.3 Å². The Labute approximate surface area is 119 Å². The van der Waals surface area contributed by atoms with Gasteiger partial charge in [0.05, 0.1) is 6.26 Å². The van der Waals surface area contributed by atoms with E-state index in [4.69, 9.17) is 10.2 Å². The lowest BCUT2D eigenvalue weighted by Crippen LogP contribution is -2.35. The summed E-state index contributed by atoms with van der Waals surface area (Å²) in [4.78, 5) is 2.58. The van der Waals surface area contributed by atoms with Gasteiger partial charge in [0.2, 0.25) is 0 Å². The zero-order valence-corrected chi connectivity index (χ0v) is 11.6. The van der Waals surface area contributed by atoms with Crippen LogP contribution in [0.5, 0.6) is 0 Å². The standard InChI is InChI=1S/C17H20N2O/c18-15-4-1-3-12-7-9-19(11-14(12)15)16-5-2-6-17-13(16)8-10-20-17/h1,3-4,8,10,16H,2,5-7,9,11,18H2. The van der Waals surface area contributed by atoms with Crippen molar-refractivity contribution < 1.29 is 4.42 Å². The Morgan fingerprint density at radius 3 is 3.10 bits per heavy atom. The van der Waals surface area contributed by atoms with E-state index < -0.39 is 0 Å². The maximum absolute atomic E-state index is 6.16. The fourth-order valence-corrected chi connectivity index (χ4v) is 3.74. The predicted molar refractivity (Wildman–Crippen MR) is 79.4 cm³/mol. The number of furan rings is 1. The van der Waals surface area contributed by atoms with Crippen molar-refractivity contribution in [2.75, 3.05) is 12.3 Å². The van der Waals surface area contributed by atoms with Gasteiger partial charge in [-0.05, 0) is 42.5 Å². The topological polar surface area (TPSA) is 42.4 Å². The van der Waals surface area contributed by atoms with Crippen molar-refractivity contribution in [3.63, 3.8) is 0 Å². The molecule has 20 heavy (non-hydrogen) atoms. The zero-order valence-electron chi connectivity index (χ0n) is 11.6. The number of nitrogens with two attached hydrogens (primary N) is 1. The lowest BCUT2D eigenvalue weighted by atomic mass is 9.89. The summed E-state index contributed by atoms with van der Waals surface area (Å²) in [5, 5.41) is 0. The number of aryl methyl sites for hydroxylation is 1. The van der Waals surface area contributed by atoms with Gasteiger partial charge in [0.25, 0.3) is 0 Å². The average Bonchev–Trinajstić information content (AvgIpc) is 2.96. The number of rotatable bonds is 1. The van der Waals surface area contributed by atoms with Crippen molar-refractivity contribution in [1.29, 1.82) is 0 Å². The van der Waals surface area contributed by atoms with Gasteiger partial charge in [-0.15, -0.1) is 0 Å². The van der Waals surface area contributed by atoms with E-state index in [0.717, 1.165) is 31.6 Å². The van der Waals surface area contributed by atoms with Crippen molar-refractivity contribution in [2.45, 2.75) is 38.3 Å². The molecule has 1 aliphatic carbocycles. The number of hydrogen-bond acceptors (Lipinski definition) is 3. The molecule has 0 saturated carbocycles. The van der Waals surface area contributed by atoms with Gasteiger partial charge in [-0.2, -0.15) is 0 Å². The molecule has 0 bridgehead atoms. The molecule has 1 atom stereocenters. The van der Waals surface area contributed by atoms with Crippen molar-refractivity contribution in [3.05, 3.63) is 53.0 Å². The number of anilines is 1. The molecule has 0 radical (unpaired) electrons. The van der Waals surface area contributed by atoms with Gasteiger partial charge in [-0.25, -0.2) is 0 Å². The maximum Gasteiger partial charge on any atom is 0.108 e. The molecule has 2 N–H and O–H groups in total. The van der Waals surface area contributed by atoms with Crippen LogP contribution >= 0.6 is 0 Å². The van der Waals surface area contributed by atoms with Gasteiger partial charge in [-0.1, -0.05) is 12.1 Å². The number of hydrogen-bond donors (Lipinski definition) is 1. The summed E-state index contributed by atoms with van der Waals surface area (Å²) in [6.45, 7) is 2.09. The first kappa shape index (κ1) is 12.0. The molecule has 1 aromatic carbocycles. The first-order chi connectivity index (χ1) is 9.83. The van der Waals surface area contributed by atoms with Crippen LogP contribution in [0.15, 0.2) is 34.9 Å². The van der Waals surface area contributed by atoms with Crippen LogP contribution in [-0.4, -0.2) is 11.4 Å². The molecule has 0 spiro atoms. The molecular weight excluding hydrogens is 248 g/mol. The normalized spacial score (nSPS) is 22.3. The van der Waals surface area contributed by atoms with Crippen LogP contribution in [0, 0.1) is 0 Å². The van der Waals surface area contributed by atoms with Gasteiger partial charge in [0, 0.05) is 36.8 Å². The molecule has 4 rings (SSSR count). The third kappa shape index (κ3) is 1.85. The molecule has 0 fully saturated rings. The minimum absolute atomic E-state index is 0.505. The van der Waals surface area contributed by atoms with Crippen LogP contribution in [0.1, 0.15) is 41.3 Å². The van der Waals surface area contributed by atoms with Gasteiger partial charge in [-0.3, -0.25) is 4.90 Å². The van der Waals surface area contributed by atoms with Crippen LogP contribution in [0.4, 0.5) is 5.69 Å². The quantitative estimate of drug-likeness (QED) is 0.807. The Bertz CT molecular complexity index is 632. The SMILES string of the molecule is Nc1cccc2c1CN(C1CCCc3occc31)CC2. The number of nitrogen functional groups attached to an aromatic ring is 1. The molecule has 1 aromatic heterocycles. The van der Waals surface area contributed by atoms with Crippen LogP contribution < -0.4 is 5.73 Å². The highest BCUT2D eigenvalue weighted by Crippen LogP contribution is 2.38. The molecule has 1 aliphatic heterocycles. The Morgan fingerprint density at radius 2 is 2.15 bits per heavy atom. The smallest absolute Gasteiger partial charge is 0.108 e. The van der Waals surface area contributed by atoms with Gasteiger partial charge >= 0.3 is 0 Å². The van der Waals surface area contributed by atoms with Crippen molar-refractivity contribution in [2.24, 2.45) is 0 Å². The van der Waals surface area contributed by atoms with E-state index in [1.165, 1.54) is 35.3 Å². The van der Waals surface area contributed by atoms with E-state index in [0.29, 0.717) is 6.04 Å². The second-order valence-corrected chi connectivity index (χ2v) is 5.91. The maximum atomic E-state index is 6.16. The largest absolute Gasteiger partial charge is 0.469 e. The Morgan fingerprint density at radius 1 is 1.20 bits per heavy atom. The second kappa shape index (κ2) is 4.67. The Balaban J connectivity index is 1.65. The number of nitrogens with zero attached hydrogens (tertiary/aromatic N) is 1. The van der Waals surface area contributed by atoms with E-state index in [-0.39, 0.29) is 0 Å². The monoisotopic (exact) mass is 268 g/mol. The summed E-state index contributed by atoms with van der Waals surface area (Å²) >= 11 is 0. The van der Waals surface area contributed by atoms with Crippen molar-refractivity contribution >= 4 is 5.69 Å².